The zero-order valence-corrected chi connectivity index (χ0v) is 11.2. The first-order valence-electron chi connectivity index (χ1n) is 6.44. The van der Waals surface area contributed by atoms with E-state index in [9.17, 15) is 13.6 Å². The highest BCUT2D eigenvalue weighted by atomic mass is 19.1. The molecule has 5 heteroatoms. The maximum Gasteiger partial charge on any atom is 0.237 e. The second kappa shape index (κ2) is 7.19. The van der Waals surface area contributed by atoms with Gasteiger partial charge in [0.05, 0.1) is 6.04 Å². The highest BCUT2D eigenvalue weighted by molar-refractivity contribution is 5.81. The van der Waals surface area contributed by atoms with Gasteiger partial charge >= 0.3 is 0 Å². The first-order valence-corrected chi connectivity index (χ1v) is 6.44. The van der Waals surface area contributed by atoms with E-state index in [1.165, 1.54) is 18.2 Å². The molecular formula is C14H20F2N2O. The van der Waals surface area contributed by atoms with E-state index in [0.29, 0.717) is 6.42 Å². The zero-order chi connectivity index (χ0) is 14.4. The number of halogens is 2. The lowest BCUT2D eigenvalue weighted by atomic mass is 10.0. The summed E-state index contributed by atoms with van der Waals surface area (Å²) in [6.45, 7) is 3.63. The number of amides is 1. The number of carbonyl (C=O) groups is 1. The van der Waals surface area contributed by atoms with Crippen LogP contribution in [0.3, 0.4) is 0 Å². The number of benzene rings is 1. The fourth-order valence-electron chi connectivity index (χ4n) is 1.88. The Morgan fingerprint density at radius 2 is 1.95 bits per heavy atom. The molecular weight excluding hydrogens is 250 g/mol. The molecule has 0 aliphatic heterocycles. The molecule has 0 radical (unpaired) electrons. The van der Waals surface area contributed by atoms with Crippen LogP contribution >= 0.6 is 0 Å². The normalized spacial score (nSPS) is 13.9. The van der Waals surface area contributed by atoms with Crippen molar-refractivity contribution < 1.29 is 13.6 Å². The third kappa shape index (κ3) is 4.59. The van der Waals surface area contributed by atoms with E-state index in [0.717, 1.165) is 6.42 Å². The Balaban J connectivity index is 2.60. The summed E-state index contributed by atoms with van der Waals surface area (Å²) in [6.07, 6.45) is 1.50. The molecule has 0 aliphatic carbocycles. The van der Waals surface area contributed by atoms with Gasteiger partial charge in [0.2, 0.25) is 5.91 Å². The molecule has 0 aliphatic rings. The van der Waals surface area contributed by atoms with E-state index >= 15 is 0 Å². The van der Waals surface area contributed by atoms with E-state index in [1.54, 1.807) is 6.92 Å². The van der Waals surface area contributed by atoms with E-state index in [2.05, 4.69) is 5.32 Å². The fourth-order valence-corrected chi connectivity index (χ4v) is 1.88. The van der Waals surface area contributed by atoms with Crippen molar-refractivity contribution in [1.82, 2.24) is 5.32 Å². The summed E-state index contributed by atoms with van der Waals surface area (Å²) in [5.74, 6) is -1.48. The average molecular weight is 270 g/mol. The lowest BCUT2D eigenvalue weighted by Crippen LogP contribution is -2.45. The Hall–Kier alpha value is -1.49. The van der Waals surface area contributed by atoms with Crippen molar-refractivity contribution in [3.63, 3.8) is 0 Å². The molecule has 2 unspecified atom stereocenters. The van der Waals surface area contributed by atoms with Crippen LogP contribution < -0.4 is 11.1 Å². The molecule has 0 aromatic heterocycles. The van der Waals surface area contributed by atoms with Crippen molar-refractivity contribution >= 4 is 5.91 Å². The summed E-state index contributed by atoms with van der Waals surface area (Å²) in [5, 5.41) is 2.67. The third-order valence-corrected chi connectivity index (χ3v) is 2.90. The average Bonchev–Trinajstić information content (AvgIpc) is 2.34. The van der Waals surface area contributed by atoms with Gasteiger partial charge in [-0.3, -0.25) is 4.79 Å². The van der Waals surface area contributed by atoms with Crippen molar-refractivity contribution in [3.8, 4) is 0 Å². The van der Waals surface area contributed by atoms with Crippen LogP contribution in [0.1, 0.15) is 32.3 Å². The Kier molecular flexibility index (Phi) is 5.89. The maximum absolute atomic E-state index is 13.5. The number of nitrogens with one attached hydrogen (secondary N) is 1. The molecule has 2 atom stereocenters. The second-order valence-corrected chi connectivity index (χ2v) is 4.71. The minimum Gasteiger partial charge on any atom is -0.352 e. The molecule has 0 spiro atoms. The Morgan fingerprint density at radius 1 is 1.37 bits per heavy atom. The van der Waals surface area contributed by atoms with Gasteiger partial charge in [0.15, 0.2) is 0 Å². The Morgan fingerprint density at radius 3 is 2.47 bits per heavy atom. The van der Waals surface area contributed by atoms with E-state index < -0.39 is 17.7 Å². The Bertz CT molecular complexity index is 417. The predicted molar refractivity (Wildman–Crippen MR) is 70.6 cm³/mol. The maximum atomic E-state index is 13.5. The molecule has 3 N–H and O–H groups in total. The van der Waals surface area contributed by atoms with E-state index in [-0.39, 0.29) is 23.9 Å². The number of hydrogen-bond donors (Lipinski definition) is 2. The van der Waals surface area contributed by atoms with E-state index in [1.807, 2.05) is 6.92 Å². The third-order valence-electron chi connectivity index (χ3n) is 2.90. The summed E-state index contributed by atoms with van der Waals surface area (Å²) in [4.78, 5) is 11.7. The highest BCUT2D eigenvalue weighted by Crippen LogP contribution is 2.14. The molecule has 3 nitrogen and oxygen atoms in total. The van der Waals surface area contributed by atoms with Gasteiger partial charge in [-0.2, -0.15) is 0 Å². The van der Waals surface area contributed by atoms with Crippen LogP contribution in [0.2, 0.25) is 0 Å². The van der Waals surface area contributed by atoms with Gasteiger partial charge in [0.25, 0.3) is 0 Å². The molecule has 1 aromatic rings. The lowest BCUT2D eigenvalue weighted by molar-refractivity contribution is -0.123. The van der Waals surface area contributed by atoms with Crippen molar-refractivity contribution in [1.29, 1.82) is 0 Å². The van der Waals surface area contributed by atoms with Crippen LogP contribution in [0.25, 0.3) is 0 Å². The predicted octanol–water partition coefficient (Wildman–Crippen LogP) is 2.14. The summed E-state index contributed by atoms with van der Waals surface area (Å²) in [7, 11) is 0. The van der Waals surface area contributed by atoms with E-state index in [4.69, 9.17) is 5.73 Å². The molecule has 1 amide bonds. The molecule has 0 saturated carbocycles. The monoisotopic (exact) mass is 270 g/mol. The number of carbonyl (C=O) groups excluding carboxylic acids is 1. The van der Waals surface area contributed by atoms with Crippen LogP contribution in [-0.2, 0) is 11.2 Å². The van der Waals surface area contributed by atoms with Gasteiger partial charge in [0, 0.05) is 11.6 Å². The summed E-state index contributed by atoms with van der Waals surface area (Å²) >= 11 is 0. The van der Waals surface area contributed by atoms with Gasteiger partial charge in [0.1, 0.15) is 11.6 Å². The Labute approximate surface area is 112 Å². The van der Waals surface area contributed by atoms with Crippen molar-refractivity contribution in [2.24, 2.45) is 5.73 Å². The first-order chi connectivity index (χ1) is 8.95. The summed E-state index contributed by atoms with van der Waals surface area (Å²) in [5.41, 5.74) is 5.65. The number of hydrogen-bond acceptors (Lipinski definition) is 2. The van der Waals surface area contributed by atoms with Crippen LogP contribution in [0.15, 0.2) is 18.2 Å². The van der Waals surface area contributed by atoms with Crippen molar-refractivity contribution in [3.05, 3.63) is 35.4 Å². The van der Waals surface area contributed by atoms with Crippen LogP contribution in [0, 0.1) is 11.6 Å². The SMILES string of the molecule is CCCC(N)C(=O)NC(C)Cc1c(F)cccc1F. The van der Waals surface area contributed by atoms with Gasteiger partial charge in [-0.05, 0) is 31.9 Å². The first kappa shape index (κ1) is 15.6. The largest absolute Gasteiger partial charge is 0.352 e. The van der Waals surface area contributed by atoms with Crippen LogP contribution in [0.4, 0.5) is 8.78 Å². The molecule has 0 saturated heterocycles. The van der Waals surface area contributed by atoms with Crippen molar-refractivity contribution in [2.75, 3.05) is 0 Å². The molecule has 0 bridgehead atoms. The minimum atomic E-state index is -0.598. The molecule has 1 aromatic carbocycles. The number of nitrogens with two attached hydrogens (primary N) is 1. The van der Waals surface area contributed by atoms with Gasteiger partial charge in [-0.25, -0.2) is 8.78 Å². The zero-order valence-electron chi connectivity index (χ0n) is 11.2. The smallest absolute Gasteiger partial charge is 0.237 e. The lowest BCUT2D eigenvalue weighted by Gasteiger charge is -2.17. The standard InChI is InChI=1S/C14H20F2N2O/c1-3-5-13(17)14(19)18-9(2)8-10-11(15)6-4-7-12(10)16/h4,6-7,9,13H,3,5,8,17H2,1-2H3,(H,18,19). The fraction of sp³-hybridized carbons (Fsp3) is 0.500. The molecule has 0 fully saturated rings. The second-order valence-electron chi connectivity index (χ2n) is 4.71. The summed E-state index contributed by atoms with van der Waals surface area (Å²) < 4.78 is 26.9. The minimum absolute atomic E-state index is 0.0145. The van der Waals surface area contributed by atoms with Gasteiger partial charge in [-0.15, -0.1) is 0 Å². The van der Waals surface area contributed by atoms with Crippen molar-refractivity contribution in [2.45, 2.75) is 45.2 Å². The van der Waals surface area contributed by atoms with Crippen LogP contribution in [-0.4, -0.2) is 18.0 Å². The molecule has 1 rings (SSSR count). The highest BCUT2D eigenvalue weighted by Gasteiger charge is 2.17. The summed E-state index contributed by atoms with van der Waals surface area (Å²) in [6, 6.07) is 2.78. The van der Waals surface area contributed by atoms with Crippen LogP contribution in [0.5, 0.6) is 0 Å². The van der Waals surface area contributed by atoms with Gasteiger partial charge in [-0.1, -0.05) is 19.4 Å². The van der Waals surface area contributed by atoms with Gasteiger partial charge < -0.3 is 11.1 Å². The molecule has 0 heterocycles. The number of rotatable bonds is 6. The topological polar surface area (TPSA) is 55.1 Å². The molecule has 19 heavy (non-hydrogen) atoms. The molecule has 106 valence electrons. The quantitative estimate of drug-likeness (QED) is 0.832.